The number of aromatic nitrogens is 6. The van der Waals surface area contributed by atoms with E-state index in [1.54, 1.807) is 24.7 Å². The van der Waals surface area contributed by atoms with Gasteiger partial charge in [0.2, 0.25) is 5.88 Å². The van der Waals surface area contributed by atoms with E-state index < -0.39 is 5.82 Å². The van der Waals surface area contributed by atoms with Crippen molar-refractivity contribution in [2.75, 3.05) is 0 Å². The van der Waals surface area contributed by atoms with Crippen molar-refractivity contribution in [1.29, 1.82) is 0 Å². The van der Waals surface area contributed by atoms with Crippen LogP contribution in [0.3, 0.4) is 0 Å². The van der Waals surface area contributed by atoms with Gasteiger partial charge in [0.05, 0.1) is 17.8 Å². The zero-order chi connectivity index (χ0) is 22.4. The molecule has 3 fully saturated rings. The predicted molar refractivity (Wildman–Crippen MR) is 117 cm³/mol. The van der Waals surface area contributed by atoms with Crippen LogP contribution in [0.4, 0.5) is 4.39 Å². The van der Waals surface area contributed by atoms with Gasteiger partial charge < -0.3 is 9.72 Å². The molecule has 7 rings (SSSR count). The summed E-state index contributed by atoms with van der Waals surface area (Å²) in [6, 6.07) is 3.00. The first-order valence-corrected chi connectivity index (χ1v) is 11.1. The number of fused-ring (bicyclic) bond motifs is 4. The van der Waals surface area contributed by atoms with Gasteiger partial charge in [-0.05, 0) is 37.2 Å². The molecule has 1 atom stereocenters. The average Bonchev–Trinajstić information content (AvgIpc) is 3.28. The lowest BCUT2D eigenvalue weighted by atomic mass is 9.65. The number of esters is 1. The summed E-state index contributed by atoms with van der Waals surface area (Å²) in [5, 5.41) is 0.540. The van der Waals surface area contributed by atoms with Crippen molar-refractivity contribution in [2.45, 2.75) is 32.1 Å². The second kappa shape index (κ2) is 7.99. The number of carbonyl (C=O) groups excluding carboxylic acids is 1. The molecule has 0 spiro atoms. The van der Waals surface area contributed by atoms with Gasteiger partial charge >= 0.3 is 5.97 Å². The number of nitrogens with zero attached hydrogens (tertiary/aromatic N) is 5. The van der Waals surface area contributed by atoms with Gasteiger partial charge in [-0.15, -0.1) is 0 Å². The smallest absolute Gasteiger partial charge is 0.315 e. The molecule has 8 nitrogen and oxygen atoms in total. The normalized spacial score (nSPS) is 21.9. The van der Waals surface area contributed by atoms with Crippen LogP contribution in [-0.2, 0) is 4.79 Å². The molecular formula is C24H21FN6O2. The maximum Gasteiger partial charge on any atom is 0.315 e. The largest absolute Gasteiger partial charge is 0.407 e. The third kappa shape index (κ3) is 3.73. The number of carbonyl (C=O) groups is 1. The molecule has 0 aromatic carbocycles. The molecular weight excluding hydrogens is 423 g/mol. The van der Waals surface area contributed by atoms with Gasteiger partial charge in [-0.3, -0.25) is 4.79 Å². The van der Waals surface area contributed by atoms with Crippen LogP contribution in [0.25, 0.3) is 33.7 Å². The standard InChI is InChI=1S/C24H21FN6O2/c25-16-6-18-19(11-29-22(18)28-10-16)23-30-20(15-8-26-12-27-9-15)7-21(31-23)33-24(32)17-5-13-1-3-14(17)4-2-13/h6-14,17H,1-5H2,(H,28,29). The van der Waals surface area contributed by atoms with Gasteiger partial charge in [0, 0.05) is 41.2 Å². The molecule has 166 valence electrons. The first-order valence-electron chi connectivity index (χ1n) is 11.1. The van der Waals surface area contributed by atoms with Crippen LogP contribution in [-0.4, -0.2) is 35.9 Å². The van der Waals surface area contributed by atoms with E-state index in [9.17, 15) is 9.18 Å². The van der Waals surface area contributed by atoms with Crippen molar-refractivity contribution in [1.82, 2.24) is 29.9 Å². The summed E-state index contributed by atoms with van der Waals surface area (Å²) in [4.78, 5) is 37.4. The maximum atomic E-state index is 13.9. The van der Waals surface area contributed by atoms with E-state index in [4.69, 9.17) is 4.74 Å². The molecule has 0 radical (unpaired) electrons. The van der Waals surface area contributed by atoms with Gasteiger partial charge in [0.1, 0.15) is 17.8 Å². The molecule has 0 amide bonds. The number of halogens is 1. The van der Waals surface area contributed by atoms with Crippen molar-refractivity contribution >= 4 is 17.0 Å². The van der Waals surface area contributed by atoms with Crippen molar-refractivity contribution in [3.05, 3.63) is 49.1 Å². The molecule has 1 N–H and O–H groups in total. The quantitative estimate of drug-likeness (QED) is 0.467. The summed E-state index contributed by atoms with van der Waals surface area (Å²) in [5.74, 6) is 0.649. The zero-order valence-electron chi connectivity index (χ0n) is 17.7. The molecule has 33 heavy (non-hydrogen) atoms. The number of aromatic amines is 1. The molecule has 4 aromatic heterocycles. The number of H-pyrrole nitrogens is 1. The van der Waals surface area contributed by atoms with Crippen LogP contribution in [0.15, 0.2) is 43.2 Å². The van der Waals surface area contributed by atoms with Crippen molar-refractivity contribution in [3.8, 4) is 28.5 Å². The Morgan fingerprint density at radius 1 is 1.06 bits per heavy atom. The van der Waals surface area contributed by atoms with E-state index in [0.717, 1.165) is 25.5 Å². The molecule has 4 heterocycles. The first-order chi connectivity index (χ1) is 16.1. The van der Waals surface area contributed by atoms with Crippen LogP contribution >= 0.6 is 0 Å². The first kappa shape index (κ1) is 19.9. The predicted octanol–water partition coefficient (Wildman–Crippen LogP) is 4.35. The minimum absolute atomic E-state index is 0.0918. The fourth-order valence-electron chi connectivity index (χ4n) is 5.19. The van der Waals surface area contributed by atoms with Crippen LogP contribution in [0, 0.1) is 23.6 Å². The molecule has 2 bridgehead atoms. The monoisotopic (exact) mass is 444 g/mol. The summed E-state index contributed by atoms with van der Waals surface area (Å²) in [5.41, 5.74) is 2.23. The minimum atomic E-state index is -0.463. The zero-order valence-corrected chi connectivity index (χ0v) is 17.7. The van der Waals surface area contributed by atoms with Gasteiger partial charge in [-0.1, -0.05) is 12.8 Å². The lowest BCUT2D eigenvalue weighted by Gasteiger charge is -2.40. The summed E-state index contributed by atoms with van der Waals surface area (Å²) < 4.78 is 19.7. The lowest BCUT2D eigenvalue weighted by Crippen LogP contribution is -2.38. The van der Waals surface area contributed by atoms with Gasteiger partial charge in [-0.25, -0.2) is 24.3 Å². The second-order valence-electron chi connectivity index (χ2n) is 8.84. The third-order valence-corrected chi connectivity index (χ3v) is 6.85. The average molecular weight is 444 g/mol. The molecule has 0 aliphatic heterocycles. The highest BCUT2D eigenvalue weighted by molar-refractivity contribution is 5.92. The fourth-order valence-corrected chi connectivity index (χ4v) is 5.19. The van der Waals surface area contributed by atoms with E-state index in [-0.39, 0.29) is 17.8 Å². The number of ether oxygens (including phenoxy) is 1. The van der Waals surface area contributed by atoms with Crippen LogP contribution < -0.4 is 4.74 Å². The van der Waals surface area contributed by atoms with E-state index in [0.29, 0.717) is 45.5 Å². The van der Waals surface area contributed by atoms with Crippen molar-refractivity contribution in [3.63, 3.8) is 0 Å². The Labute approximate surface area is 188 Å². The Hall–Kier alpha value is -3.75. The SMILES string of the molecule is O=C(Oc1cc(-c2cncnc2)nc(-c2c[nH]c3ncc(F)cc23)n1)C1CC2CCC1CC2. The number of nitrogens with one attached hydrogen (secondary N) is 1. The Bertz CT molecular complexity index is 1330. The van der Waals surface area contributed by atoms with E-state index in [1.807, 2.05) is 0 Å². The topological polar surface area (TPSA) is 107 Å². The van der Waals surface area contributed by atoms with E-state index in [1.165, 1.54) is 25.2 Å². The number of rotatable bonds is 4. The summed E-state index contributed by atoms with van der Waals surface area (Å²) in [7, 11) is 0. The van der Waals surface area contributed by atoms with Gasteiger partial charge in [0.25, 0.3) is 0 Å². The number of hydrogen-bond donors (Lipinski definition) is 1. The Morgan fingerprint density at radius 3 is 2.64 bits per heavy atom. The van der Waals surface area contributed by atoms with Gasteiger partial charge in [0.15, 0.2) is 5.82 Å². The molecule has 1 unspecified atom stereocenters. The number of pyridine rings is 1. The van der Waals surface area contributed by atoms with E-state index in [2.05, 4.69) is 29.9 Å². The van der Waals surface area contributed by atoms with Crippen LogP contribution in [0.5, 0.6) is 5.88 Å². The summed E-state index contributed by atoms with van der Waals surface area (Å²) in [6.07, 6.45) is 13.0. The highest BCUT2D eigenvalue weighted by Gasteiger charge is 2.40. The lowest BCUT2D eigenvalue weighted by molar-refractivity contribution is -0.144. The molecule has 3 aliphatic carbocycles. The van der Waals surface area contributed by atoms with Crippen molar-refractivity contribution < 1.29 is 13.9 Å². The second-order valence-corrected chi connectivity index (χ2v) is 8.84. The van der Waals surface area contributed by atoms with Crippen molar-refractivity contribution in [2.24, 2.45) is 17.8 Å². The molecule has 3 saturated carbocycles. The summed E-state index contributed by atoms with van der Waals surface area (Å²) >= 11 is 0. The highest BCUT2D eigenvalue weighted by atomic mass is 19.1. The molecule has 0 saturated heterocycles. The maximum absolute atomic E-state index is 13.9. The third-order valence-electron chi connectivity index (χ3n) is 6.85. The number of hydrogen-bond acceptors (Lipinski definition) is 7. The molecule has 3 aliphatic rings. The Morgan fingerprint density at radius 2 is 1.88 bits per heavy atom. The fraction of sp³-hybridized carbons (Fsp3) is 0.333. The van der Waals surface area contributed by atoms with Gasteiger partial charge in [-0.2, -0.15) is 4.98 Å². The minimum Gasteiger partial charge on any atom is -0.407 e. The molecule has 4 aromatic rings. The van der Waals surface area contributed by atoms with Crippen LogP contribution in [0.2, 0.25) is 0 Å². The Balaban J connectivity index is 1.40. The summed E-state index contributed by atoms with van der Waals surface area (Å²) in [6.45, 7) is 0. The van der Waals surface area contributed by atoms with E-state index >= 15 is 0 Å². The van der Waals surface area contributed by atoms with Crippen LogP contribution in [0.1, 0.15) is 32.1 Å². The Kier molecular flexibility index (Phi) is 4.82. The highest BCUT2D eigenvalue weighted by Crippen LogP contribution is 2.45. The molecule has 9 heteroatoms.